The molecule has 1 fully saturated rings. The summed E-state index contributed by atoms with van der Waals surface area (Å²) >= 11 is 0. The Labute approximate surface area is 174 Å². The number of hydrogen-bond donors (Lipinski definition) is 3. The van der Waals surface area contributed by atoms with Crippen LogP contribution in [0, 0.1) is 0 Å². The van der Waals surface area contributed by atoms with Gasteiger partial charge in [-0.25, -0.2) is 4.79 Å². The molecule has 0 spiro atoms. The van der Waals surface area contributed by atoms with Crippen molar-refractivity contribution in [3.8, 4) is 0 Å². The van der Waals surface area contributed by atoms with Crippen molar-refractivity contribution >= 4 is 11.8 Å². The first kappa shape index (κ1) is 26.0. The molecule has 3 N–H and O–H groups in total. The molecule has 1 saturated heterocycles. The molecule has 29 heavy (non-hydrogen) atoms. The Hall–Kier alpha value is -1.02. The molecule has 0 saturated carbocycles. The van der Waals surface area contributed by atoms with Crippen LogP contribution >= 0.6 is 0 Å². The van der Waals surface area contributed by atoms with Crippen LogP contribution < -0.4 is 0 Å². The van der Waals surface area contributed by atoms with Gasteiger partial charge < -0.3 is 24.8 Å². The maximum Gasteiger partial charge on any atom is 0.378 e. The normalized spacial score (nSPS) is 21.4. The minimum atomic E-state index is -1.39. The molecule has 1 aliphatic heterocycles. The van der Waals surface area contributed by atoms with Crippen molar-refractivity contribution in [1.82, 2.24) is 0 Å². The van der Waals surface area contributed by atoms with Gasteiger partial charge in [-0.05, 0) is 6.42 Å². The smallest absolute Gasteiger partial charge is 0.378 e. The predicted molar refractivity (Wildman–Crippen MR) is 109 cm³/mol. The second-order valence-corrected chi connectivity index (χ2v) is 8.07. The second kappa shape index (κ2) is 15.8. The monoisotopic (exact) mass is 416 g/mol. The van der Waals surface area contributed by atoms with Crippen molar-refractivity contribution in [1.29, 1.82) is 0 Å². The number of aliphatic hydroxyl groups excluding tert-OH is 3. The van der Waals surface area contributed by atoms with Gasteiger partial charge in [-0.3, -0.25) is 4.79 Å². The SMILES string of the molecule is CCCCCCCCCCCCCCC(O)COC1C(=O)C(=O)O[C@@H]1[C@@H](O)CO. The number of rotatable bonds is 18. The molecule has 7 nitrogen and oxygen atoms in total. The number of carbonyl (C=O) groups excluding carboxylic acids is 2. The van der Waals surface area contributed by atoms with Crippen LogP contribution in [0.25, 0.3) is 0 Å². The first-order valence-electron chi connectivity index (χ1n) is 11.3. The lowest BCUT2D eigenvalue weighted by Crippen LogP contribution is -2.42. The lowest BCUT2D eigenvalue weighted by Gasteiger charge is -2.21. The van der Waals surface area contributed by atoms with E-state index in [2.05, 4.69) is 6.92 Å². The van der Waals surface area contributed by atoms with Gasteiger partial charge in [0.25, 0.3) is 5.78 Å². The highest BCUT2D eigenvalue weighted by Crippen LogP contribution is 2.20. The summed E-state index contributed by atoms with van der Waals surface area (Å²) in [6.45, 7) is 1.48. The molecule has 0 aromatic rings. The van der Waals surface area contributed by atoms with Crippen LogP contribution in [-0.4, -0.2) is 64.7 Å². The van der Waals surface area contributed by atoms with Crippen LogP contribution in [0.5, 0.6) is 0 Å². The number of hydrogen-bond acceptors (Lipinski definition) is 7. The van der Waals surface area contributed by atoms with Gasteiger partial charge in [-0.2, -0.15) is 0 Å². The van der Waals surface area contributed by atoms with E-state index in [1.165, 1.54) is 57.8 Å². The number of Topliss-reactive ketones (excluding diaryl/α,β-unsaturated/α-hetero) is 1. The van der Waals surface area contributed by atoms with Crippen LogP contribution in [-0.2, 0) is 19.1 Å². The van der Waals surface area contributed by atoms with Crippen molar-refractivity contribution in [2.45, 2.75) is 115 Å². The maximum atomic E-state index is 11.7. The van der Waals surface area contributed by atoms with E-state index in [0.717, 1.165) is 19.3 Å². The molecular formula is C22H40O7. The van der Waals surface area contributed by atoms with Gasteiger partial charge in [0.1, 0.15) is 6.10 Å². The topological polar surface area (TPSA) is 113 Å². The van der Waals surface area contributed by atoms with Crippen LogP contribution in [0.1, 0.15) is 90.4 Å². The minimum Gasteiger partial charge on any atom is -0.450 e. The summed E-state index contributed by atoms with van der Waals surface area (Å²) < 4.78 is 10.1. The highest BCUT2D eigenvalue weighted by atomic mass is 16.6. The maximum absolute atomic E-state index is 11.7. The van der Waals surface area contributed by atoms with E-state index in [0.29, 0.717) is 6.42 Å². The van der Waals surface area contributed by atoms with Gasteiger partial charge >= 0.3 is 5.97 Å². The van der Waals surface area contributed by atoms with Gasteiger partial charge in [-0.15, -0.1) is 0 Å². The largest absolute Gasteiger partial charge is 0.450 e. The fourth-order valence-corrected chi connectivity index (χ4v) is 3.58. The fourth-order valence-electron chi connectivity index (χ4n) is 3.58. The zero-order valence-electron chi connectivity index (χ0n) is 17.9. The van der Waals surface area contributed by atoms with Crippen molar-refractivity contribution in [2.75, 3.05) is 13.2 Å². The van der Waals surface area contributed by atoms with E-state index in [1.807, 2.05) is 0 Å². The van der Waals surface area contributed by atoms with Gasteiger partial charge in [0, 0.05) is 0 Å². The average Bonchev–Trinajstić information content (AvgIpc) is 3.00. The quantitative estimate of drug-likeness (QED) is 0.179. The highest BCUT2D eigenvalue weighted by molar-refractivity contribution is 6.37. The van der Waals surface area contributed by atoms with Crippen molar-refractivity contribution in [3.05, 3.63) is 0 Å². The van der Waals surface area contributed by atoms with E-state index in [4.69, 9.17) is 14.6 Å². The van der Waals surface area contributed by atoms with E-state index >= 15 is 0 Å². The predicted octanol–water partition coefficient (Wildman–Crippen LogP) is 2.67. The molecule has 1 rings (SSSR count). The number of esters is 1. The molecule has 4 atom stereocenters. The summed E-state index contributed by atoms with van der Waals surface area (Å²) in [6.07, 6.45) is 10.8. The Morgan fingerprint density at radius 3 is 1.93 bits per heavy atom. The summed E-state index contributed by atoms with van der Waals surface area (Å²) in [5.41, 5.74) is 0. The first-order valence-corrected chi connectivity index (χ1v) is 11.3. The summed E-state index contributed by atoms with van der Waals surface area (Å²) in [7, 11) is 0. The lowest BCUT2D eigenvalue weighted by molar-refractivity contribution is -0.152. The Morgan fingerprint density at radius 1 is 0.897 bits per heavy atom. The van der Waals surface area contributed by atoms with Gasteiger partial charge in [0.2, 0.25) is 0 Å². The summed E-state index contributed by atoms with van der Waals surface area (Å²) in [5, 5.41) is 28.6. The Bertz CT molecular complexity index is 454. The molecule has 0 bridgehead atoms. The molecule has 0 amide bonds. The van der Waals surface area contributed by atoms with Crippen molar-refractivity contribution in [3.63, 3.8) is 0 Å². The highest BCUT2D eigenvalue weighted by Gasteiger charge is 2.48. The summed E-state index contributed by atoms with van der Waals surface area (Å²) in [4.78, 5) is 23.1. The molecular weight excluding hydrogens is 376 g/mol. The molecule has 0 aromatic carbocycles. The van der Waals surface area contributed by atoms with E-state index in [-0.39, 0.29) is 6.61 Å². The molecule has 170 valence electrons. The molecule has 2 unspecified atom stereocenters. The Kier molecular flexibility index (Phi) is 14.1. The summed E-state index contributed by atoms with van der Waals surface area (Å²) in [6, 6.07) is 0. The molecule has 1 heterocycles. The molecule has 0 aliphatic carbocycles. The molecule has 7 heteroatoms. The summed E-state index contributed by atoms with van der Waals surface area (Å²) in [5.74, 6) is -1.97. The van der Waals surface area contributed by atoms with E-state index in [9.17, 15) is 19.8 Å². The second-order valence-electron chi connectivity index (χ2n) is 8.07. The van der Waals surface area contributed by atoms with Gasteiger partial charge in [-0.1, -0.05) is 84.0 Å². The number of cyclic esters (lactones) is 1. The average molecular weight is 417 g/mol. The number of ether oxygens (including phenoxy) is 2. The molecule has 0 radical (unpaired) electrons. The first-order chi connectivity index (χ1) is 14.0. The molecule has 1 aliphatic rings. The fraction of sp³-hybridized carbons (Fsp3) is 0.909. The molecule has 0 aromatic heterocycles. The number of ketones is 1. The number of unbranched alkanes of at least 4 members (excludes halogenated alkanes) is 11. The van der Waals surface area contributed by atoms with Gasteiger partial charge in [0.05, 0.1) is 19.3 Å². The zero-order chi connectivity index (χ0) is 21.5. The van der Waals surface area contributed by atoms with Crippen molar-refractivity contribution < 1.29 is 34.4 Å². The Balaban J connectivity index is 2.03. The van der Waals surface area contributed by atoms with Gasteiger partial charge in [0.15, 0.2) is 12.2 Å². The zero-order valence-corrected chi connectivity index (χ0v) is 17.9. The van der Waals surface area contributed by atoms with E-state index in [1.54, 1.807) is 0 Å². The minimum absolute atomic E-state index is 0.111. The third-order valence-electron chi connectivity index (χ3n) is 5.43. The van der Waals surface area contributed by atoms with Crippen molar-refractivity contribution in [2.24, 2.45) is 0 Å². The third-order valence-corrected chi connectivity index (χ3v) is 5.43. The van der Waals surface area contributed by atoms with Crippen LogP contribution in [0.15, 0.2) is 0 Å². The number of carbonyl (C=O) groups is 2. The Morgan fingerprint density at radius 2 is 1.41 bits per heavy atom. The third kappa shape index (κ3) is 10.5. The lowest BCUT2D eigenvalue weighted by atomic mass is 10.0. The standard InChI is InChI=1S/C22H40O7/c1-2-3-4-5-6-7-8-9-10-11-12-13-14-17(24)16-28-21-19(26)22(27)29-20(21)18(25)15-23/h17-18,20-21,23-25H,2-16H2,1H3/t17?,18-,20+,21?/m0/s1. The van der Waals surface area contributed by atoms with Crippen LogP contribution in [0.2, 0.25) is 0 Å². The van der Waals surface area contributed by atoms with Crippen LogP contribution in [0.3, 0.4) is 0 Å². The number of aliphatic hydroxyl groups is 3. The van der Waals surface area contributed by atoms with E-state index < -0.39 is 42.8 Å². The van der Waals surface area contributed by atoms with Crippen LogP contribution in [0.4, 0.5) is 0 Å².